The summed E-state index contributed by atoms with van der Waals surface area (Å²) in [6.07, 6.45) is 3.51. The minimum atomic E-state index is -0.981. The zero-order chi connectivity index (χ0) is 12.4. The van der Waals surface area contributed by atoms with Crippen molar-refractivity contribution in [2.24, 2.45) is 0 Å². The van der Waals surface area contributed by atoms with Crippen molar-refractivity contribution in [2.75, 3.05) is 0 Å². The Hall–Kier alpha value is -2.07. The van der Waals surface area contributed by atoms with E-state index in [0.29, 0.717) is 0 Å². The van der Waals surface area contributed by atoms with Crippen LogP contribution in [-0.4, -0.2) is 22.2 Å². The molecule has 0 bridgehead atoms. The van der Waals surface area contributed by atoms with E-state index in [1.165, 1.54) is 0 Å². The van der Waals surface area contributed by atoms with E-state index in [0.717, 1.165) is 17.7 Å². The second kappa shape index (κ2) is 10.4. The standard InChI is InChI=1S/C9H8O2.C3H4O2.ClH/c10-9(11)7-6-8-4-2-1-3-5-8;1-2-3(4)5;/h1-7H,(H,10,11);2H,1H2,(H,4,5);1H. The minimum Gasteiger partial charge on any atom is -0.478 e. The van der Waals surface area contributed by atoms with Crippen LogP contribution in [0.15, 0.2) is 49.1 Å². The summed E-state index contributed by atoms with van der Waals surface area (Å²) in [6.45, 7) is 2.96. The van der Waals surface area contributed by atoms with E-state index in [-0.39, 0.29) is 12.4 Å². The van der Waals surface area contributed by atoms with Crippen LogP contribution in [0.4, 0.5) is 0 Å². The zero-order valence-corrected chi connectivity index (χ0v) is 9.76. The van der Waals surface area contributed by atoms with Crippen LogP contribution in [0.5, 0.6) is 0 Å². The number of aliphatic carboxylic acids is 2. The maximum Gasteiger partial charge on any atom is 0.328 e. The molecular weight excluding hydrogens is 244 g/mol. The van der Waals surface area contributed by atoms with Crippen molar-refractivity contribution in [3.8, 4) is 0 Å². The first kappa shape index (κ1) is 17.3. The molecule has 1 rings (SSSR count). The minimum absolute atomic E-state index is 0. The Kier molecular flexibility index (Phi) is 10.6. The number of carbonyl (C=O) groups is 2. The van der Waals surface area contributed by atoms with Gasteiger partial charge in [0.1, 0.15) is 0 Å². The highest BCUT2D eigenvalue weighted by molar-refractivity contribution is 5.85. The van der Waals surface area contributed by atoms with E-state index >= 15 is 0 Å². The van der Waals surface area contributed by atoms with Gasteiger partial charge < -0.3 is 10.2 Å². The third-order valence-corrected chi connectivity index (χ3v) is 1.39. The van der Waals surface area contributed by atoms with Gasteiger partial charge in [-0.2, -0.15) is 0 Å². The summed E-state index contributed by atoms with van der Waals surface area (Å²) in [5.41, 5.74) is 0.898. The molecule has 0 unspecified atom stereocenters. The Labute approximate surface area is 105 Å². The van der Waals surface area contributed by atoms with Gasteiger partial charge in [0.15, 0.2) is 0 Å². The van der Waals surface area contributed by atoms with Gasteiger partial charge in [0.05, 0.1) is 0 Å². The number of carboxylic acid groups (broad SMARTS) is 2. The lowest BCUT2D eigenvalue weighted by Crippen LogP contribution is -1.85. The van der Waals surface area contributed by atoms with Crippen molar-refractivity contribution in [2.45, 2.75) is 0 Å². The lowest BCUT2D eigenvalue weighted by Gasteiger charge is -1.87. The van der Waals surface area contributed by atoms with Gasteiger partial charge in [0.2, 0.25) is 0 Å². The van der Waals surface area contributed by atoms with Gasteiger partial charge in [-0.25, -0.2) is 9.59 Å². The second-order valence-electron chi connectivity index (χ2n) is 2.62. The number of benzene rings is 1. The quantitative estimate of drug-likeness (QED) is 0.815. The molecule has 1 aromatic rings. The van der Waals surface area contributed by atoms with Crippen LogP contribution >= 0.6 is 12.4 Å². The molecule has 4 nitrogen and oxygen atoms in total. The molecule has 0 heterocycles. The summed E-state index contributed by atoms with van der Waals surface area (Å²) in [7, 11) is 0. The number of hydrogen-bond donors (Lipinski definition) is 2. The molecule has 0 aliphatic carbocycles. The Morgan fingerprint density at radius 1 is 1.06 bits per heavy atom. The molecule has 0 saturated carbocycles. The Bertz CT molecular complexity index is 385. The molecule has 92 valence electrons. The van der Waals surface area contributed by atoms with Crippen LogP contribution in [0.1, 0.15) is 5.56 Å². The molecule has 0 atom stereocenters. The van der Waals surface area contributed by atoms with Crippen LogP contribution in [0.3, 0.4) is 0 Å². The van der Waals surface area contributed by atoms with Crippen LogP contribution in [0, 0.1) is 0 Å². The molecule has 2 N–H and O–H groups in total. The molecule has 5 heteroatoms. The molecule has 17 heavy (non-hydrogen) atoms. The maximum atomic E-state index is 10.1. The van der Waals surface area contributed by atoms with E-state index in [4.69, 9.17) is 10.2 Å². The van der Waals surface area contributed by atoms with E-state index < -0.39 is 11.9 Å². The zero-order valence-electron chi connectivity index (χ0n) is 8.95. The van der Waals surface area contributed by atoms with Crippen molar-refractivity contribution < 1.29 is 19.8 Å². The first-order chi connectivity index (χ1) is 7.56. The summed E-state index contributed by atoms with van der Waals surface area (Å²) < 4.78 is 0. The summed E-state index contributed by atoms with van der Waals surface area (Å²) in [5, 5.41) is 15.9. The monoisotopic (exact) mass is 256 g/mol. The topological polar surface area (TPSA) is 74.6 Å². The average Bonchev–Trinajstić information content (AvgIpc) is 2.28. The first-order valence-electron chi connectivity index (χ1n) is 4.37. The van der Waals surface area contributed by atoms with Crippen LogP contribution in [-0.2, 0) is 9.59 Å². The van der Waals surface area contributed by atoms with Crippen LogP contribution in [0.2, 0.25) is 0 Å². The molecule has 1 aromatic carbocycles. The lowest BCUT2D eigenvalue weighted by atomic mass is 10.2. The maximum absolute atomic E-state index is 10.1. The van der Waals surface area contributed by atoms with Gasteiger partial charge in [0, 0.05) is 12.2 Å². The van der Waals surface area contributed by atoms with Crippen molar-refractivity contribution in [1.29, 1.82) is 0 Å². The molecule has 0 spiro atoms. The number of rotatable bonds is 3. The van der Waals surface area contributed by atoms with Crippen molar-refractivity contribution in [1.82, 2.24) is 0 Å². The summed E-state index contributed by atoms with van der Waals surface area (Å²) in [4.78, 5) is 19.3. The number of halogens is 1. The fourth-order valence-corrected chi connectivity index (χ4v) is 0.732. The van der Waals surface area contributed by atoms with E-state index in [9.17, 15) is 9.59 Å². The summed E-state index contributed by atoms with van der Waals surface area (Å²) in [5.74, 6) is -1.90. The van der Waals surface area contributed by atoms with E-state index in [1.807, 2.05) is 30.3 Å². The Balaban J connectivity index is 0. The van der Waals surface area contributed by atoms with Crippen LogP contribution in [0.25, 0.3) is 6.08 Å². The predicted octanol–water partition coefficient (Wildman–Crippen LogP) is 2.46. The lowest BCUT2D eigenvalue weighted by molar-refractivity contribution is -0.132. The Morgan fingerprint density at radius 2 is 1.53 bits per heavy atom. The molecule has 0 radical (unpaired) electrons. The molecule has 0 aliphatic heterocycles. The molecular formula is C12H13ClO4. The van der Waals surface area contributed by atoms with Gasteiger partial charge in [-0.05, 0) is 11.6 Å². The van der Waals surface area contributed by atoms with Gasteiger partial charge in [0.25, 0.3) is 0 Å². The van der Waals surface area contributed by atoms with Gasteiger partial charge in [-0.15, -0.1) is 12.4 Å². The molecule has 0 fully saturated rings. The third kappa shape index (κ3) is 11.9. The smallest absolute Gasteiger partial charge is 0.328 e. The Morgan fingerprint density at radius 3 is 1.88 bits per heavy atom. The second-order valence-corrected chi connectivity index (χ2v) is 2.62. The molecule has 0 aromatic heterocycles. The van der Waals surface area contributed by atoms with Gasteiger partial charge >= 0.3 is 11.9 Å². The molecule has 0 amide bonds. The first-order valence-corrected chi connectivity index (χ1v) is 4.37. The fourth-order valence-electron chi connectivity index (χ4n) is 0.732. The average molecular weight is 257 g/mol. The third-order valence-electron chi connectivity index (χ3n) is 1.39. The summed E-state index contributed by atoms with van der Waals surface area (Å²) in [6, 6.07) is 9.31. The van der Waals surface area contributed by atoms with Crippen LogP contribution < -0.4 is 0 Å². The van der Waals surface area contributed by atoms with Crippen molar-refractivity contribution in [3.05, 3.63) is 54.6 Å². The molecule has 0 saturated heterocycles. The van der Waals surface area contributed by atoms with Crippen molar-refractivity contribution >= 4 is 30.4 Å². The SMILES string of the molecule is C=CC(=O)O.Cl.O=C(O)C=Cc1ccccc1. The summed E-state index contributed by atoms with van der Waals surface area (Å²) >= 11 is 0. The van der Waals surface area contributed by atoms with E-state index in [1.54, 1.807) is 6.08 Å². The number of carboxylic acids is 2. The highest BCUT2D eigenvalue weighted by Gasteiger charge is 1.85. The highest BCUT2D eigenvalue weighted by atomic mass is 35.5. The highest BCUT2D eigenvalue weighted by Crippen LogP contribution is 1.99. The number of hydrogen-bond acceptors (Lipinski definition) is 2. The van der Waals surface area contributed by atoms with Gasteiger partial charge in [-0.1, -0.05) is 36.9 Å². The molecule has 0 aliphatic rings. The van der Waals surface area contributed by atoms with Gasteiger partial charge in [-0.3, -0.25) is 0 Å². The fraction of sp³-hybridized carbons (Fsp3) is 0. The predicted molar refractivity (Wildman–Crippen MR) is 68.2 cm³/mol. The van der Waals surface area contributed by atoms with E-state index in [2.05, 4.69) is 6.58 Å². The van der Waals surface area contributed by atoms with Crippen molar-refractivity contribution in [3.63, 3.8) is 0 Å². The largest absolute Gasteiger partial charge is 0.478 e. The normalized spacial score (nSPS) is 8.47.